The summed E-state index contributed by atoms with van der Waals surface area (Å²) < 4.78 is 2.02. The van der Waals surface area contributed by atoms with E-state index in [0.29, 0.717) is 6.42 Å². The number of aromatic nitrogens is 2. The number of fused-ring (bicyclic) bond motifs is 1. The van der Waals surface area contributed by atoms with E-state index in [0.717, 1.165) is 30.5 Å². The lowest BCUT2D eigenvalue weighted by atomic mass is 10.1. The highest BCUT2D eigenvalue weighted by atomic mass is 16.1. The first-order valence-electron chi connectivity index (χ1n) is 6.27. The Labute approximate surface area is 107 Å². The maximum atomic E-state index is 10.8. The molecule has 0 aliphatic carbocycles. The van der Waals surface area contributed by atoms with Gasteiger partial charge in [-0.2, -0.15) is 0 Å². The molecule has 18 heavy (non-hydrogen) atoms. The summed E-state index contributed by atoms with van der Waals surface area (Å²) in [7, 11) is 2.00. The van der Waals surface area contributed by atoms with Crippen molar-refractivity contribution in [3.8, 4) is 0 Å². The maximum absolute atomic E-state index is 10.8. The minimum atomic E-state index is 0.234. The first-order chi connectivity index (χ1) is 8.66. The molecule has 0 spiro atoms. The Morgan fingerprint density at radius 1 is 1.39 bits per heavy atom. The molecule has 1 aromatic heterocycles. The van der Waals surface area contributed by atoms with Crippen LogP contribution in [-0.4, -0.2) is 28.4 Å². The third kappa shape index (κ3) is 3.17. The van der Waals surface area contributed by atoms with Crippen molar-refractivity contribution in [2.75, 3.05) is 13.1 Å². The largest absolute Gasteiger partial charge is 0.334 e. The van der Waals surface area contributed by atoms with Gasteiger partial charge in [-0.1, -0.05) is 6.07 Å². The van der Waals surface area contributed by atoms with Crippen LogP contribution in [-0.2, 0) is 18.3 Å². The van der Waals surface area contributed by atoms with Gasteiger partial charge in [0.15, 0.2) is 0 Å². The van der Waals surface area contributed by atoms with E-state index in [1.807, 2.05) is 17.9 Å². The maximum Gasteiger partial charge on any atom is 0.131 e. The van der Waals surface area contributed by atoms with E-state index in [9.17, 15) is 4.79 Å². The van der Waals surface area contributed by atoms with Crippen LogP contribution >= 0.6 is 0 Å². The number of rotatable bonds is 6. The van der Waals surface area contributed by atoms with E-state index in [4.69, 9.17) is 0 Å². The standard InChI is InChI=1S/C14H19N3O/c1-11(18)5-7-15-8-6-12-3-4-14-13(9-12)16-10-17(14)2/h3-4,9-10,15H,5-8H2,1-2H3. The molecule has 0 aliphatic rings. The molecule has 4 heteroatoms. The average Bonchev–Trinajstić information content (AvgIpc) is 2.70. The minimum Gasteiger partial charge on any atom is -0.334 e. The van der Waals surface area contributed by atoms with Crippen LogP contribution in [0.15, 0.2) is 24.5 Å². The highest BCUT2D eigenvalue weighted by Crippen LogP contribution is 2.13. The lowest BCUT2D eigenvalue weighted by molar-refractivity contribution is -0.116. The first-order valence-corrected chi connectivity index (χ1v) is 6.27. The Morgan fingerprint density at radius 2 is 2.22 bits per heavy atom. The van der Waals surface area contributed by atoms with Crippen molar-refractivity contribution in [1.29, 1.82) is 0 Å². The highest BCUT2D eigenvalue weighted by molar-refractivity contribution is 5.76. The molecular weight excluding hydrogens is 226 g/mol. The third-order valence-corrected chi connectivity index (χ3v) is 3.03. The van der Waals surface area contributed by atoms with Gasteiger partial charge in [0.1, 0.15) is 5.78 Å². The fourth-order valence-corrected chi connectivity index (χ4v) is 1.96. The van der Waals surface area contributed by atoms with Gasteiger partial charge in [-0.05, 0) is 37.6 Å². The molecular formula is C14H19N3O. The molecule has 1 heterocycles. The number of imidazole rings is 1. The topological polar surface area (TPSA) is 46.9 Å². The van der Waals surface area contributed by atoms with Crippen LogP contribution < -0.4 is 5.32 Å². The Bertz CT molecular complexity index is 545. The fraction of sp³-hybridized carbons (Fsp3) is 0.429. The van der Waals surface area contributed by atoms with E-state index in [1.165, 1.54) is 5.56 Å². The summed E-state index contributed by atoms with van der Waals surface area (Å²) in [6.07, 6.45) is 3.41. The summed E-state index contributed by atoms with van der Waals surface area (Å²) >= 11 is 0. The zero-order valence-electron chi connectivity index (χ0n) is 10.9. The van der Waals surface area contributed by atoms with Gasteiger partial charge in [-0.15, -0.1) is 0 Å². The van der Waals surface area contributed by atoms with E-state index in [1.54, 1.807) is 6.92 Å². The van der Waals surface area contributed by atoms with E-state index in [-0.39, 0.29) is 5.78 Å². The molecule has 2 aromatic rings. The molecule has 0 atom stereocenters. The molecule has 0 radical (unpaired) electrons. The second kappa shape index (κ2) is 5.78. The number of hydrogen-bond acceptors (Lipinski definition) is 3. The van der Waals surface area contributed by atoms with Gasteiger partial charge in [-0.3, -0.25) is 4.79 Å². The molecule has 96 valence electrons. The summed E-state index contributed by atoms with van der Waals surface area (Å²) in [6, 6.07) is 6.37. The normalized spacial score (nSPS) is 11.0. The highest BCUT2D eigenvalue weighted by Gasteiger charge is 2.01. The Hall–Kier alpha value is -1.68. The molecule has 0 fully saturated rings. The zero-order valence-corrected chi connectivity index (χ0v) is 10.9. The molecule has 0 saturated carbocycles. The molecule has 1 aromatic carbocycles. The number of nitrogens with zero attached hydrogens (tertiary/aromatic N) is 2. The molecule has 4 nitrogen and oxygen atoms in total. The number of ketones is 1. The molecule has 2 rings (SSSR count). The number of hydrogen-bond donors (Lipinski definition) is 1. The molecule has 0 bridgehead atoms. The van der Waals surface area contributed by atoms with Crippen molar-refractivity contribution in [2.24, 2.45) is 7.05 Å². The SMILES string of the molecule is CC(=O)CCNCCc1ccc2c(c1)ncn2C. The van der Waals surface area contributed by atoms with Crippen LogP contribution in [0, 0.1) is 0 Å². The van der Waals surface area contributed by atoms with Crippen molar-refractivity contribution in [3.63, 3.8) is 0 Å². The van der Waals surface area contributed by atoms with Crippen molar-refractivity contribution in [1.82, 2.24) is 14.9 Å². The van der Waals surface area contributed by atoms with Crippen molar-refractivity contribution in [3.05, 3.63) is 30.1 Å². The van der Waals surface area contributed by atoms with Gasteiger partial charge >= 0.3 is 0 Å². The molecule has 1 N–H and O–H groups in total. The van der Waals surface area contributed by atoms with E-state index in [2.05, 4.69) is 28.5 Å². The lowest BCUT2D eigenvalue weighted by Crippen LogP contribution is -2.20. The predicted molar refractivity (Wildman–Crippen MR) is 72.6 cm³/mol. The van der Waals surface area contributed by atoms with Crippen LogP contribution in [0.2, 0.25) is 0 Å². The van der Waals surface area contributed by atoms with Gasteiger partial charge in [0.05, 0.1) is 17.4 Å². The fourth-order valence-electron chi connectivity index (χ4n) is 1.96. The van der Waals surface area contributed by atoms with Crippen LogP contribution in [0.1, 0.15) is 18.9 Å². The minimum absolute atomic E-state index is 0.234. The van der Waals surface area contributed by atoms with Gasteiger partial charge in [0.25, 0.3) is 0 Å². The molecule has 0 amide bonds. The van der Waals surface area contributed by atoms with Crippen LogP contribution in [0.3, 0.4) is 0 Å². The van der Waals surface area contributed by atoms with Gasteiger partial charge in [-0.25, -0.2) is 4.98 Å². The monoisotopic (exact) mass is 245 g/mol. The van der Waals surface area contributed by atoms with Crippen molar-refractivity contribution in [2.45, 2.75) is 19.8 Å². The number of nitrogens with one attached hydrogen (secondary N) is 1. The number of benzene rings is 1. The number of carbonyl (C=O) groups excluding carboxylic acids is 1. The van der Waals surface area contributed by atoms with Crippen LogP contribution in [0.25, 0.3) is 11.0 Å². The second-order valence-electron chi connectivity index (χ2n) is 4.63. The predicted octanol–water partition coefficient (Wildman–Crippen LogP) is 1.68. The lowest BCUT2D eigenvalue weighted by Gasteiger charge is -2.04. The number of carbonyl (C=O) groups is 1. The zero-order chi connectivity index (χ0) is 13.0. The molecule has 0 saturated heterocycles. The summed E-state index contributed by atoms with van der Waals surface area (Å²) in [4.78, 5) is 15.1. The van der Waals surface area contributed by atoms with E-state index < -0.39 is 0 Å². The number of aryl methyl sites for hydroxylation is 1. The first kappa shape index (κ1) is 12.8. The Morgan fingerprint density at radius 3 is 3.00 bits per heavy atom. The molecule has 0 aliphatic heterocycles. The third-order valence-electron chi connectivity index (χ3n) is 3.03. The van der Waals surface area contributed by atoms with Crippen molar-refractivity contribution >= 4 is 16.8 Å². The van der Waals surface area contributed by atoms with Crippen molar-refractivity contribution < 1.29 is 4.79 Å². The van der Waals surface area contributed by atoms with Gasteiger partial charge in [0, 0.05) is 20.0 Å². The second-order valence-corrected chi connectivity index (χ2v) is 4.63. The molecule has 0 unspecified atom stereocenters. The van der Waals surface area contributed by atoms with Crippen LogP contribution in [0.5, 0.6) is 0 Å². The Kier molecular flexibility index (Phi) is 4.10. The smallest absolute Gasteiger partial charge is 0.131 e. The van der Waals surface area contributed by atoms with E-state index >= 15 is 0 Å². The summed E-state index contributed by atoms with van der Waals surface area (Å²) in [6.45, 7) is 3.28. The summed E-state index contributed by atoms with van der Waals surface area (Å²) in [5.74, 6) is 0.234. The summed E-state index contributed by atoms with van der Waals surface area (Å²) in [5.41, 5.74) is 3.47. The van der Waals surface area contributed by atoms with Gasteiger partial charge < -0.3 is 9.88 Å². The average molecular weight is 245 g/mol. The summed E-state index contributed by atoms with van der Waals surface area (Å²) in [5, 5.41) is 3.27. The van der Waals surface area contributed by atoms with Crippen LogP contribution in [0.4, 0.5) is 0 Å². The quantitative estimate of drug-likeness (QED) is 0.788. The Balaban J connectivity index is 1.86. The number of Topliss-reactive ketones (excluding diaryl/α,β-unsaturated/α-hetero) is 1. The van der Waals surface area contributed by atoms with Gasteiger partial charge in [0.2, 0.25) is 0 Å².